The summed E-state index contributed by atoms with van der Waals surface area (Å²) in [5.74, 6) is 0.000839. The Morgan fingerprint density at radius 1 is 1.56 bits per heavy atom. The van der Waals surface area contributed by atoms with Crippen molar-refractivity contribution in [2.75, 3.05) is 26.2 Å². The molecule has 1 unspecified atom stereocenters. The molecule has 0 radical (unpaired) electrons. The van der Waals surface area contributed by atoms with Crippen molar-refractivity contribution in [2.24, 2.45) is 0 Å². The van der Waals surface area contributed by atoms with Gasteiger partial charge in [0.1, 0.15) is 5.69 Å². The first-order valence-electron chi connectivity index (χ1n) is 6.07. The van der Waals surface area contributed by atoms with E-state index in [1.54, 1.807) is 10.9 Å². The predicted molar refractivity (Wildman–Crippen MR) is 69.3 cm³/mol. The van der Waals surface area contributed by atoms with E-state index >= 15 is 0 Å². The lowest BCUT2D eigenvalue weighted by atomic mass is 10.2. The molecule has 0 bridgehead atoms. The van der Waals surface area contributed by atoms with Crippen molar-refractivity contribution in [3.63, 3.8) is 0 Å². The third-order valence-corrected chi connectivity index (χ3v) is 3.82. The van der Waals surface area contributed by atoms with Crippen LogP contribution in [0.1, 0.15) is 23.8 Å². The first-order valence-corrected chi connectivity index (χ1v) is 7.01. The molecule has 2 rings (SSSR count). The number of nitrogens with zero attached hydrogens (tertiary/aromatic N) is 4. The topological polar surface area (TPSA) is 60.2 Å². The summed E-state index contributed by atoms with van der Waals surface area (Å²) >= 11 is 1.43. The van der Waals surface area contributed by atoms with E-state index in [0.717, 1.165) is 19.5 Å². The van der Waals surface area contributed by atoms with Crippen LogP contribution < -0.4 is 0 Å². The third kappa shape index (κ3) is 2.68. The number of piperazine rings is 1. The molecule has 0 aromatic carbocycles. The number of carbonyl (C=O) groups is 1. The Hall–Kier alpha value is -1.45. The molecule has 1 aromatic heterocycles. The normalized spacial score (nSPS) is 18.3. The van der Waals surface area contributed by atoms with E-state index in [2.05, 4.69) is 16.0 Å². The molecule has 0 spiro atoms. The molecule has 0 saturated carbocycles. The van der Waals surface area contributed by atoms with E-state index in [-0.39, 0.29) is 11.9 Å². The van der Waals surface area contributed by atoms with Crippen molar-refractivity contribution < 1.29 is 4.79 Å². The van der Waals surface area contributed by atoms with E-state index in [1.807, 2.05) is 11.8 Å². The first kappa shape index (κ1) is 13.0. The van der Waals surface area contributed by atoms with Crippen molar-refractivity contribution in [1.82, 2.24) is 14.8 Å². The number of amides is 1. The number of hydrogen-bond donors (Lipinski definition) is 0. The van der Waals surface area contributed by atoms with Gasteiger partial charge in [0.15, 0.2) is 0 Å². The number of hydrogen-bond acceptors (Lipinski definition) is 5. The maximum absolute atomic E-state index is 12.1. The Labute approximate surface area is 111 Å². The number of nitriles is 1. The molecule has 1 fully saturated rings. The minimum absolute atomic E-state index is 0.000839. The molecule has 0 N–H and O–H groups in total. The van der Waals surface area contributed by atoms with Crippen LogP contribution in [0.25, 0.3) is 0 Å². The van der Waals surface area contributed by atoms with Crippen LogP contribution in [0, 0.1) is 11.3 Å². The van der Waals surface area contributed by atoms with Gasteiger partial charge in [0.2, 0.25) is 0 Å². The first-order chi connectivity index (χ1) is 8.76. The fraction of sp³-hybridized carbons (Fsp3) is 0.583. The molecule has 1 atom stereocenters. The zero-order valence-corrected chi connectivity index (χ0v) is 11.2. The monoisotopic (exact) mass is 264 g/mol. The lowest BCUT2D eigenvalue weighted by Gasteiger charge is -2.36. The van der Waals surface area contributed by atoms with Crippen molar-refractivity contribution >= 4 is 17.2 Å². The Morgan fingerprint density at radius 2 is 2.28 bits per heavy atom. The standard InChI is InChI=1S/C12H16N4OS/c1-2-10(7-13)15-3-5-16(6-4-15)12(17)11-8-18-9-14-11/h8-10H,2-6H2,1H3. The molecule has 1 aliphatic rings. The molecule has 0 aliphatic carbocycles. The summed E-state index contributed by atoms with van der Waals surface area (Å²) in [5, 5.41) is 10.8. The molecule has 6 heteroatoms. The zero-order chi connectivity index (χ0) is 13.0. The zero-order valence-electron chi connectivity index (χ0n) is 10.4. The highest BCUT2D eigenvalue weighted by Crippen LogP contribution is 2.12. The number of thiazole rings is 1. The molecule has 1 amide bonds. The summed E-state index contributed by atoms with van der Waals surface area (Å²) in [7, 11) is 0. The van der Waals surface area contributed by atoms with E-state index in [0.29, 0.717) is 18.8 Å². The van der Waals surface area contributed by atoms with Crippen LogP contribution in [-0.4, -0.2) is 52.9 Å². The molecule has 96 valence electrons. The fourth-order valence-electron chi connectivity index (χ4n) is 2.15. The van der Waals surface area contributed by atoms with Crippen molar-refractivity contribution in [1.29, 1.82) is 5.26 Å². The third-order valence-electron chi connectivity index (χ3n) is 3.23. The quantitative estimate of drug-likeness (QED) is 0.823. The van der Waals surface area contributed by atoms with Gasteiger partial charge in [-0.2, -0.15) is 5.26 Å². The van der Waals surface area contributed by atoms with Crippen molar-refractivity contribution in [3.8, 4) is 6.07 Å². The largest absolute Gasteiger partial charge is 0.335 e. The summed E-state index contributed by atoms with van der Waals surface area (Å²) in [6.45, 7) is 4.90. The molecule has 18 heavy (non-hydrogen) atoms. The molecular weight excluding hydrogens is 248 g/mol. The number of rotatable bonds is 3. The smallest absolute Gasteiger partial charge is 0.273 e. The van der Waals surface area contributed by atoms with Gasteiger partial charge in [0.05, 0.1) is 17.6 Å². The van der Waals surface area contributed by atoms with Gasteiger partial charge in [0, 0.05) is 31.6 Å². The second-order valence-corrected chi connectivity index (χ2v) is 4.97. The molecule has 1 aromatic rings. The average Bonchev–Trinajstić information content (AvgIpc) is 2.94. The minimum Gasteiger partial charge on any atom is -0.335 e. The Bertz CT molecular complexity index is 431. The predicted octanol–water partition coefficient (Wildman–Crippen LogP) is 1.20. The van der Waals surface area contributed by atoms with Crippen LogP contribution in [0.5, 0.6) is 0 Å². The Morgan fingerprint density at radius 3 is 2.78 bits per heavy atom. The molecule has 1 saturated heterocycles. The van der Waals surface area contributed by atoms with Crippen LogP contribution >= 0.6 is 11.3 Å². The second-order valence-electron chi connectivity index (χ2n) is 4.25. The highest BCUT2D eigenvalue weighted by Gasteiger charge is 2.26. The van der Waals surface area contributed by atoms with Crippen LogP contribution in [0.3, 0.4) is 0 Å². The van der Waals surface area contributed by atoms with Gasteiger partial charge in [-0.05, 0) is 6.42 Å². The van der Waals surface area contributed by atoms with E-state index < -0.39 is 0 Å². The minimum atomic E-state index is -0.0264. The lowest BCUT2D eigenvalue weighted by Crippen LogP contribution is -2.51. The molecule has 2 heterocycles. The maximum Gasteiger partial charge on any atom is 0.273 e. The second kappa shape index (κ2) is 5.94. The van der Waals surface area contributed by atoms with Gasteiger partial charge in [-0.1, -0.05) is 6.92 Å². The summed E-state index contributed by atoms with van der Waals surface area (Å²) in [6, 6.07) is 2.28. The van der Waals surface area contributed by atoms with Crippen LogP contribution in [0.2, 0.25) is 0 Å². The Kier molecular flexibility index (Phi) is 4.28. The van der Waals surface area contributed by atoms with Crippen LogP contribution in [0.15, 0.2) is 10.9 Å². The summed E-state index contributed by atoms with van der Waals surface area (Å²) in [5.41, 5.74) is 2.20. The average molecular weight is 264 g/mol. The van der Waals surface area contributed by atoms with Gasteiger partial charge < -0.3 is 4.90 Å². The fourth-order valence-corrected chi connectivity index (χ4v) is 2.67. The summed E-state index contributed by atoms with van der Waals surface area (Å²) in [6.07, 6.45) is 0.830. The number of carbonyl (C=O) groups excluding carboxylic acids is 1. The van der Waals surface area contributed by atoms with Gasteiger partial charge >= 0.3 is 0 Å². The summed E-state index contributed by atoms with van der Waals surface area (Å²) in [4.78, 5) is 20.1. The maximum atomic E-state index is 12.1. The Balaban J connectivity index is 1.91. The van der Waals surface area contributed by atoms with E-state index in [9.17, 15) is 4.79 Å². The van der Waals surface area contributed by atoms with E-state index in [4.69, 9.17) is 5.26 Å². The van der Waals surface area contributed by atoms with Crippen LogP contribution in [0.4, 0.5) is 0 Å². The lowest BCUT2D eigenvalue weighted by molar-refractivity contribution is 0.0600. The molecular formula is C12H16N4OS. The SMILES string of the molecule is CCC(C#N)N1CCN(C(=O)c2cscn2)CC1. The van der Waals surface area contributed by atoms with Gasteiger partial charge in [0.25, 0.3) is 5.91 Å². The van der Waals surface area contributed by atoms with E-state index in [1.165, 1.54) is 11.3 Å². The summed E-state index contributed by atoms with van der Waals surface area (Å²) < 4.78 is 0. The highest BCUT2D eigenvalue weighted by molar-refractivity contribution is 7.07. The number of aromatic nitrogens is 1. The van der Waals surface area contributed by atoms with Gasteiger partial charge in [-0.3, -0.25) is 9.69 Å². The van der Waals surface area contributed by atoms with Crippen molar-refractivity contribution in [3.05, 3.63) is 16.6 Å². The molecule has 1 aliphatic heterocycles. The van der Waals surface area contributed by atoms with Crippen LogP contribution in [-0.2, 0) is 0 Å². The van der Waals surface area contributed by atoms with Crippen molar-refractivity contribution in [2.45, 2.75) is 19.4 Å². The highest BCUT2D eigenvalue weighted by atomic mass is 32.1. The van der Waals surface area contributed by atoms with Gasteiger partial charge in [-0.15, -0.1) is 11.3 Å². The van der Waals surface area contributed by atoms with Gasteiger partial charge in [-0.25, -0.2) is 4.98 Å². The molecule has 5 nitrogen and oxygen atoms in total.